The molecule has 0 saturated carbocycles. The van der Waals surface area contributed by atoms with Gasteiger partial charge in [-0.25, -0.2) is 0 Å². The summed E-state index contributed by atoms with van der Waals surface area (Å²) < 4.78 is 75.2. The van der Waals surface area contributed by atoms with Gasteiger partial charge >= 0.3 is 12.4 Å². The van der Waals surface area contributed by atoms with E-state index in [9.17, 15) is 26.3 Å². The Bertz CT molecular complexity index is 441. The van der Waals surface area contributed by atoms with Crippen LogP contribution in [0, 0.1) is 0 Å². The zero-order valence-corrected chi connectivity index (χ0v) is 9.16. The third-order valence-corrected chi connectivity index (χ3v) is 2.46. The van der Waals surface area contributed by atoms with Gasteiger partial charge in [0.05, 0.1) is 0 Å². The summed E-state index contributed by atoms with van der Waals surface area (Å²) in [6.45, 7) is 0. The summed E-state index contributed by atoms with van der Waals surface area (Å²) >= 11 is 5.32. The van der Waals surface area contributed by atoms with Crippen molar-refractivity contribution in [3.8, 4) is 0 Å². The number of rotatable bonds is 1. The first-order valence-electron chi connectivity index (χ1n) is 4.32. The van der Waals surface area contributed by atoms with Gasteiger partial charge in [-0.05, 0) is 18.2 Å². The van der Waals surface area contributed by atoms with Crippen LogP contribution >= 0.6 is 11.6 Å². The predicted molar refractivity (Wildman–Crippen MR) is 51.9 cm³/mol. The monoisotopic (exact) mass is 293 g/mol. The van der Waals surface area contributed by atoms with Gasteiger partial charge in [0, 0.05) is 16.3 Å². The van der Waals surface area contributed by atoms with Crippen molar-refractivity contribution in [2.45, 2.75) is 18.0 Å². The largest absolute Gasteiger partial charge is 0.430 e. The van der Waals surface area contributed by atoms with E-state index >= 15 is 0 Å². The van der Waals surface area contributed by atoms with E-state index in [0.29, 0.717) is 6.07 Å². The van der Waals surface area contributed by atoms with E-state index in [1.165, 1.54) is 0 Å². The van der Waals surface area contributed by atoms with Crippen LogP contribution < -0.4 is 5.73 Å². The fourth-order valence-corrected chi connectivity index (χ4v) is 1.48. The average molecular weight is 294 g/mol. The third-order valence-electron chi connectivity index (χ3n) is 2.23. The summed E-state index contributed by atoms with van der Waals surface area (Å²) in [5.41, 5.74) is -2.42. The highest BCUT2D eigenvalue weighted by Crippen LogP contribution is 2.51. The molecule has 18 heavy (non-hydrogen) atoms. The molecule has 0 bridgehead atoms. The van der Waals surface area contributed by atoms with Crippen LogP contribution in [0.2, 0.25) is 5.02 Å². The maximum atomic E-state index is 12.5. The first kappa shape index (κ1) is 14.9. The summed E-state index contributed by atoms with van der Waals surface area (Å²) in [6.07, 6.45) is -12.0. The summed E-state index contributed by atoms with van der Waals surface area (Å²) in [4.78, 5) is 0. The number of halogens is 7. The van der Waals surface area contributed by atoms with Gasteiger partial charge in [0.2, 0.25) is 0 Å². The third kappa shape index (κ3) is 2.22. The van der Waals surface area contributed by atoms with E-state index in [2.05, 4.69) is 0 Å². The quantitative estimate of drug-likeness (QED) is 0.617. The zero-order chi connectivity index (χ0) is 14.4. The molecule has 1 aromatic carbocycles. The number of hydrogen-bond donors (Lipinski definition) is 2. The topological polar surface area (TPSA) is 46.2 Å². The highest BCUT2D eigenvalue weighted by Gasteiger charge is 2.72. The Hall–Kier alpha value is -1.15. The lowest BCUT2D eigenvalue weighted by Crippen LogP contribution is -2.54. The molecule has 0 amide bonds. The Morgan fingerprint density at radius 1 is 1.00 bits per heavy atom. The number of nitrogens with two attached hydrogens (primary N) is 1. The van der Waals surface area contributed by atoms with Crippen LogP contribution in [0.1, 0.15) is 5.56 Å². The molecular weight excluding hydrogens is 288 g/mol. The molecule has 0 aliphatic heterocycles. The Morgan fingerprint density at radius 2 is 1.44 bits per heavy atom. The van der Waals surface area contributed by atoms with Crippen molar-refractivity contribution in [2.24, 2.45) is 0 Å². The van der Waals surface area contributed by atoms with Crippen molar-refractivity contribution in [1.82, 2.24) is 0 Å². The second-order valence-corrected chi connectivity index (χ2v) is 3.87. The van der Waals surface area contributed by atoms with Gasteiger partial charge < -0.3 is 10.8 Å². The summed E-state index contributed by atoms with van der Waals surface area (Å²) in [5, 5.41) is 8.66. The second kappa shape index (κ2) is 4.20. The Balaban J connectivity index is 3.61. The van der Waals surface area contributed by atoms with Crippen LogP contribution in [0.25, 0.3) is 0 Å². The normalized spacial score (nSPS) is 13.8. The lowest BCUT2D eigenvalue weighted by atomic mass is 9.91. The van der Waals surface area contributed by atoms with Gasteiger partial charge in [-0.15, -0.1) is 0 Å². The van der Waals surface area contributed by atoms with Gasteiger partial charge in [0.15, 0.2) is 0 Å². The lowest BCUT2D eigenvalue weighted by Gasteiger charge is -2.33. The summed E-state index contributed by atoms with van der Waals surface area (Å²) in [5.74, 6) is 0. The van der Waals surface area contributed by atoms with Crippen LogP contribution in [0.3, 0.4) is 0 Å². The van der Waals surface area contributed by atoms with Crippen LogP contribution in [0.15, 0.2) is 18.2 Å². The molecule has 0 aliphatic rings. The van der Waals surface area contributed by atoms with Gasteiger partial charge in [0.1, 0.15) is 0 Å². The van der Waals surface area contributed by atoms with Crippen molar-refractivity contribution < 1.29 is 31.4 Å². The van der Waals surface area contributed by atoms with Gasteiger partial charge in [-0.3, -0.25) is 0 Å². The predicted octanol–water partition coefficient (Wildman–Crippen LogP) is 3.23. The minimum atomic E-state index is -5.98. The Kier molecular flexibility index (Phi) is 3.48. The molecule has 0 saturated heterocycles. The highest BCUT2D eigenvalue weighted by molar-refractivity contribution is 6.30. The van der Waals surface area contributed by atoms with Crippen LogP contribution in [0.5, 0.6) is 0 Å². The Morgan fingerprint density at radius 3 is 1.83 bits per heavy atom. The minimum absolute atomic E-state index is 0.331. The fraction of sp³-hybridized carbons (Fsp3) is 0.333. The molecule has 1 rings (SSSR count). The maximum Gasteiger partial charge on any atom is 0.430 e. The van der Waals surface area contributed by atoms with Gasteiger partial charge in [0.25, 0.3) is 5.60 Å². The Labute approximate surface area is 102 Å². The van der Waals surface area contributed by atoms with Gasteiger partial charge in [-0.2, -0.15) is 26.3 Å². The summed E-state index contributed by atoms with van der Waals surface area (Å²) in [7, 11) is 0. The molecule has 9 heteroatoms. The second-order valence-electron chi connectivity index (χ2n) is 3.44. The number of benzene rings is 1. The van der Waals surface area contributed by atoms with E-state index in [0.717, 1.165) is 12.1 Å². The smallest absolute Gasteiger partial charge is 0.398 e. The lowest BCUT2D eigenvalue weighted by molar-refractivity contribution is -0.376. The fourth-order valence-electron chi connectivity index (χ4n) is 1.31. The van der Waals surface area contributed by atoms with E-state index < -0.39 is 34.2 Å². The van der Waals surface area contributed by atoms with E-state index in [1.54, 1.807) is 0 Å². The number of nitrogen functional groups attached to an aromatic ring is 1. The summed E-state index contributed by atoms with van der Waals surface area (Å²) in [6, 6.07) is 2.09. The molecule has 102 valence electrons. The van der Waals surface area contributed by atoms with Crippen molar-refractivity contribution in [3.05, 3.63) is 28.8 Å². The minimum Gasteiger partial charge on any atom is -0.398 e. The molecule has 0 aliphatic carbocycles. The van der Waals surface area contributed by atoms with Crippen molar-refractivity contribution in [3.63, 3.8) is 0 Å². The number of anilines is 1. The molecule has 0 heterocycles. The molecular formula is C9H6ClF6NO. The van der Waals surface area contributed by atoms with Crippen LogP contribution in [0.4, 0.5) is 32.0 Å². The molecule has 0 fully saturated rings. The highest BCUT2D eigenvalue weighted by atomic mass is 35.5. The molecule has 3 N–H and O–H groups in total. The van der Waals surface area contributed by atoms with Crippen molar-refractivity contribution in [2.75, 3.05) is 5.73 Å². The first-order valence-corrected chi connectivity index (χ1v) is 4.70. The van der Waals surface area contributed by atoms with Crippen LogP contribution in [-0.4, -0.2) is 17.5 Å². The average Bonchev–Trinajstić information content (AvgIpc) is 2.17. The van der Waals surface area contributed by atoms with E-state index in [-0.39, 0.29) is 0 Å². The molecule has 0 aromatic heterocycles. The molecule has 0 atom stereocenters. The number of hydrogen-bond acceptors (Lipinski definition) is 2. The molecule has 1 aromatic rings. The molecule has 2 nitrogen and oxygen atoms in total. The standard InChI is InChI=1S/C9H6ClF6NO/c10-4-1-2-6(17)5(3-4)7(18,8(11,12)13)9(14,15)16/h1-3,18H,17H2. The van der Waals surface area contributed by atoms with Gasteiger partial charge in [-0.1, -0.05) is 11.6 Å². The SMILES string of the molecule is Nc1ccc(Cl)cc1C(O)(C(F)(F)F)C(F)(F)F. The maximum absolute atomic E-state index is 12.5. The molecule has 0 unspecified atom stereocenters. The first-order chi connectivity index (χ1) is 7.91. The number of alkyl halides is 6. The van der Waals surface area contributed by atoms with Crippen molar-refractivity contribution >= 4 is 17.3 Å². The van der Waals surface area contributed by atoms with Crippen LogP contribution in [-0.2, 0) is 5.60 Å². The molecule has 0 spiro atoms. The molecule has 0 radical (unpaired) electrons. The van der Waals surface area contributed by atoms with E-state index in [1.807, 2.05) is 0 Å². The van der Waals surface area contributed by atoms with E-state index in [4.69, 9.17) is 22.4 Å². The zero-order valence-electron chi connectivity index (χ0n) is 8.40. The number of aliphatic hydroxyl groups is 1. The van der Waals surface area contributed by atoms with Crippen molar-refractivity contribution in [1.29, 1.82) is 0 Å².